The normalized spacial score (nSPS) is 24.0. The van der Waals surface area contributed by atoms with E-state index in [0.29, 0.717) is 22.8 Å². The van der Waals surface area contributed by atoms with Crippen LogP contribution in [0.1, 0.15) is 24.3 Å². The van der Waals surface area contributed by atoms with Crippen molar-refractivity contribution in [1.82, 2.24) is 4.98 Å². The van der Waals surface area contributed by atoms with Crippen molar-refractivity contribution in [3.63, 3.8) is 0 Å². The highest BCUT2D eigenvalue weighted by atomic mass is 32.2. The molecule has 0 aromatic carbocycles. The fourth-order valence-corrected chi connectivity index (χ4v) is 3.14. The zero-order valence-corrected chi connectivity index (χ0v) is 11.3. The molecule has 2 atom stereocenters. The Balaban J connectivity index is 2.37. The van der Waals surface area contributed by atoms with Crippen molar-refractivity contribution in [2.75, 3.05) is 22.9 Å². The number of thioether (sulfide) groups is 1. The van der Waals surface area contributed by atoms with Crippen LogP contribution in [0.5, 0.6) is 0 Å². The minimum Gasteiger partial charge on any atom is -0.477 e. The van der Waals surface area contributed by atoms with E-state index in [2.05, 4.69) is 23.7 Å². The van der Waals surface area contributed by atoms with E-state index in [1.165, 1.54) is 6.07 Å². The van der Waals surface area contributed by atoms with Gasteiger partial charge in [0.1, 0.15) is 0 Å². The number of pyridine rings is 1. The molecule has 2 heterocycles. The van der Waals surface area contributed by atoms with Crippen LogP contribution in [0.2, 0.25) is 0 Å². The first-order chi connectivity index (χ1) is 8.50. The van der Waals surface area contributed by atoms with Gasteiger partial charge in [-0.1, -0.05) is 6.92 Å². The van der Waals surface area contributed by atoms with Gasteiger partial charge in [-0.05, 0) is 19.1 Å². The Morgan fingerprint density at radius 1 is 1.56 bits per heavy atom. The van der Waals surface area contributed by atoms with Gasteiger partial charge in [-0.3, -0.25) is 0 Å². The van der Waals surface area contributed by atoms with Gasteiger partial charge in [-0.15, -0.1) is 0 Å². The molecule has 3 N–H and O–H groups in total. The minimum atomic E-state index is -1.02. The molecule has 1 aliphatic heterocycles. The van der Waals surface area contributed by atoms with Crippen molar-refractivity contribution in [3.8, 4) is 0 Å². The van der Waals surface area contributed by atoms with Crippen molar-refractivity contribution < 1.29 is 9.90 Å². The van der Waals surface area contributed by atoms with Gasteiger partial charge in [0.2, 0.25) is 0 Å². The number of aromatic carboxylic acids is 1. The van der Waals surface area contributed by atoms with Gasteiger partial charge in [0.05, 0.1) is 5.69 Å². The van der Waals surface area contributed by atoms with Crippen LogP contribution in [0.25, 0.3) is 0 Å². The maximum atomic E-state index is 11.0. The topological polar surface area (TPSA) is 79.5 Å². The lowest BCUT2D eigenvalue weighted by atomic mass is 10.2. The fraction of sp³-hybridized carbons (Fsp3) is 0.500. The molecular weight excluding hydrogens is 250 g/mol. The number of aromatic nitrogens is 1. The van der Waals surface area contributed by atoms with Crippen molar-refractivity contribution in [3.05, 3.63) is 17.8 Å². The summed E-state index contributed by atoms with van der Waals surface area (Å²) >= 11 is 1.91. The number of carboxylic acids is 1. The lowest BCUT2D eigenvalue weighted by molar-refractivity contribution is 0.0690. The molecular formula is C12H17N3O2S. The van der Waals surface area contributed by atoms with E-state index >= 15 is 0 Å². The Hall–Kier alpha value is -1.43. The summed E-state index contributed by atoms with van der Waals surface area (Å²) in [6, 6.07) is 3.35. The number of anilines is 2. The summed E-state index contributed by atoms with van der Waals surface area (Å²) in [7, 11) is 0. The Labute approximate surface area is 110 Å². The maximum absolute atomic E-state index is 11.0. The SMILES string of the molecule is CC1SCCN(c2nc(C(=O)O)ccc2N)C1C. The average molecular weight is 267 g/mol. The highest BCUT2D eigenvalue weighted by molar-refractivity contribution is 8.00. The molecule has 2 rings (SSSR count). The van der Waals surface area contributed by atoms with Gasteiger partial charge in [0, 0.05) is 23.6 Å². The van der Waals surface area contributed by atoms with Crippen molar-refractivity contribution in [2.45, 2.75) is 25.1 Å². The quantitative estimate of drug-likeness (QED) is 0.849. The molecule has 1 aromatic rings. The standard InChI is InChI=1S/C12H17N3O2S/c1-7-8(2)18-6-5-15(7)11-9(13)3-4-10(14-11)12(16)17/h3-4,7-8H,5-6,13H2,1-2H3,(H,16,17). The molecule has 18 heavy (non-hydrogen) atoms. The highest BCUT2D eigenvalue weighted by Crippen LogP contribution is 2.31. The predicted octanol–water partition coefficient (Wildman–Crippen LogP) is 1.69. The third kappa shape index (κ3) is 2.38. The number of nitrogen functional groups attached to an aromatic ring is 1. The summed E-state index contributed by atoms with van der Waals surface area (Å²) in [5, 5.41) is 9.47. The highest BCUT2D eigenvalue weighted by Gasteiger charge is 2.27. The third-order valence-electron chi connectivity index (χ3n) is 3.28. The zero-order valence-electron chi connectivity index (χ0n) is 10.5. The van der Waals surface area contributed by atoms with Crippen molar-refractivity contribution in [2.24, 2.45) is 0 Å². The molecule has 0 aliphatic carbocycles. The van der Waals surface area contributed by atoms with Crippen molar-refractivity contribution in [1.29, 1.82) is 0 Å². The first kappa shape index (κ1) is 13.0. The van der Waals surface area contributed by atoms with Crippen LogP contribution in [0.4, 0.5) is 11.5 Å². The minimum absolute atomic E-state index is 0.0391. The smallest absolute Gasteiger partial charge is 0.354 e. The van der Waals surface area contributed by atoms with E-state index in [-0.39, 0.29) is 5.69 Å². The summed E-state index contributed by atoms with van der Waals surface area (Å²) in [5.74, 6) is 0.571. The van der Waals surface area contributed by atoms with E-state index in [9.17, 15) is 4.79 Å². The third-order valence-corrected chi connectivity index (χ3v) is 4.62. The maximum Gasteiger partial charge on any atom is 0.354 e. The van der Waals surface area contributed by atoms with Crippen LogP contribution in [-0.4, -0.2) is 39.6 Å². The lowest BCUT2D eigenvalue weighted by Crippen LogP contribution is -2.45. The van der Waals surface area contributed by atoms with E-state index in [1.807, 2.05) is 11.8 Å². The molecule has 1 fully saturated rings. The molecule has 1 aromatic heterocycles. The molecule has 98 valence electrons. The second-order valence-electron chi connectivity index (χ2n) is 4.42. The average Bonchev–Trinajstić information content (AvgIpc) is 2.33. The van der Waals surface area contributed by atoms with Crippen LogP contribution >= 0.6 is 11.8 Å². The number of rotatable bonds is 2. The molecule has 0 radical (unpaired) electrons. The van der Waals surface area contributed by atoms with Gasteiger partial charge < -0.3 is 15.7 Å². The van der Waals surface area contributed by atoms with Gasteiger partial charge in [0.25, 0.3) is 0 Å². The van der Waals surface area contributed by atoms with E-state index in [0.717, 1.165) is 12.3 Å². The second kappa shape index (κ2) is 5.06. The summed E-state index contributed by atoms with van der Waals surface area (Å²) in [5.41, 5.74) is 6.50. The summed E-state index contributed by atoms with van der Waals surface area (Å²) < 4.78 is 0. The van der Waals surface area contributed by atoms with E-state index in [4.69, 9.17) is 10.8 Å². The fourth-order valence-electron chi connectivity index (χ4n) is 2.04. The predicted molar refractivity (Wildman–Crippen MR) is 74.3 cm³/mol. The lowest BCUT2D eigenvalue weighted by Gasteiger charge is -2.38. The van der Waals surface area contributed by atoms with Crippen LogP contribution in [-0.2, 0) is 0 Å². The molecule has 0 bridgehead atoms. The monoisotopic (exact) mass is 267 g/mol. The molecule has 1 aliphatic rings. The molecule has 0 saturated carbocycles. The number of carboxylic acid groups (broad SMARTS) is 1. The molecule has 0 amide bonds. The second-order valence-corrected chi connectivity index (χ2v) is 5.91. The Morgan fingerprint density at radius 2 is 2.28 bits per heavy atom. The molecule has 1 saturated heterocycles. The van der Waals surface area contributed by atoms with Crippen LogP contribution < -0.4 is 10.6 Å². The van der Waals surface area contributed by atoms with Gasteiger partial charge >= 0.3 is 5.97 Å². The van der Waals surface area contributed by atoms with E-state index < -0.39 is 5.97 Å². The number of hydrogen-bond acceptors (Lipinski definition) is 5. The van der Waals surface area contributed by atoms with Gasteiger partial charge in [-0.2, -0.15) is 11.8 Å². The summed E-state index contributed by atoms with van der Waals surface area (Å²) in [6.07, 6.45) is 0. The summed E-state index contributed by atoms with van der Waals surface area (Å²) in [4.78, 5) is 17.2. The van der Waals surface area contributed by atoms with Crippen LogP contribution in [0, 0.1) is 0 Å². The zero-order chi connectivity index (χ0) is 13.3. The largest absolute Gasteiger partial charge is 0.477 e. The number of nitrogens with zero attached hydrogens (tertiary/aromatic N) is 2. The van der Waals surface area contributed by atoms with E-state index in [1.54, 1.807) is 6.07 Å². The van der Waals surface area contributed by atoms with Crippen LogP contribution in [0.3, 0.4) is 0 Å². The van der Waals surface area contributed by atoms with Crippen LogP contribution in [0.15, 0.2) is 12.1 Å². The number of nitrogens with two attached hydrogens (primary N) is 1. The van der Waals surface area contributed by atoms with Gasteiger partial charge in [-0.25, -0.2) is 9.78 Å². The molecule has 5 nitrogen and oxygen atoms in total. The molecule has 6 heteroatoms. The molecule has 2 unspecified atom stereocenters. The first-order valence-electron chi connectivity index (χ1n) is 5.88. The Bertz CT molecular complexity index is 467. The summed E-state index contributed by atoms with van der Waals surface area (Å²) in [6.45, 7) is 5.13. The number of hydrogen-bond donors (Lipinski definition) is 2. The molecule has 0 spiro atoms. The van der Waals surface area contributed by atoms with Crippen molar-refractivity contribution >= 4 is 29.2 Å². The number of carbonyl (C=O) groups is 1. The Morgan fingerprint density at radius 3 is 2.94 bits per heavy atom. The van der Waals surface area contributed by atoms with Gasteiger partial charge in [0.15, 0.2) is 11.5 Å². The Kier molecular flexibility index (Phi) is 3.65. The first-order valence-corrected chi connectivity index (χ1v) is 6.93.